The minimum Gasteiger partial charge on any atom is -0.472 e. The van der Waals surface area contributed by atoms with E-state index in [-0.39, 0.29) is 23.7 Å². The third kappa shape index (κ3) is 6.20. The van der Waals surface area contributed by atoms with Gasteiger partial charge in [-0.25, -0.2) is 4.99 Å². The van der Waals surface area contributed by atoms with E-state index in [4.69, 9.17) is 20.5 Å². The molecule has 2 bridgehead atoms. The van der Waals surface area contributed by atoms with Gasteiger partial charge in [0.05, 0.1) is 24.1 Å². The number of rotatable bonds is 2. The molecule has 46 heavy (non-hydrogen) atoms. The van der Waals surface area contributed by atoms with Gasteiger partial charge in [0.1, 0.15) is 12.1 Å². The number of hydrogen-bond donors (Lipinski definition) is 1. The number of ketones is 1. The summed E-state index contributed by atoms with van der Waals surface area (Å²) in [5.41, 5.74) is 8.90. The van der Waals surface area contributed by atoms with Gasteiger partial charge in [-0.15, -0.1) is 0 Å². The third-order valence-electron chi connectivity index (χ3n) is 12.1. The van der Waals surface area contributed by atoms with Crippen molar-refractivity contribution in [2.45, 2.75) is 124 Å². The van der Waals surface area contributed by atoms with Crippen molar-refractivity contribution >= 4 is 29.1 Å². The van der Waals surface area contributed by atoms with E-state index in [1.807, 2.05) is 18.2 Å². The molecule has 3 unspecified atom stereocenters. The molecule has 2 aliphatic heterocycles. The lowest BCUT2D eigenvalue weighted by Crippen LogP contribution is -2.50. The number of hydrogen-bond acceptors (Lipinski definition) is 6. The van der Waals surface area contributed by atoms with Crippen LogP contribution >= 0.6 is 0 Å². The smallest absolute Gasteiger partial charge is 0.248 e. The van der Waals surface area contributed by atoms with Crippen molar-refractivity contribution in [3.8, 4) is 0 Å². The van der Waals surface area contributed by atoms with Crippen molar-refractivity contribution in [1.29, 1.82) is 0 Å². The standard InChI is InChI=1S/C39H56N4O3/c1-8-26-15-10-9-11-16-29-28(18-27-19-30(27)29)20-33(40)42-34(38(5,6)7)37(45)43-22-32(39(21-24(39)3)35(43)25(4)44)46-36(26)41-31-17-13-12-14-23(31)2/h8,12-14,17,24,27-30,32,34-35H,9-11,15-16,18-22H2,1-7H3,(H2,40,42)/b26-8-,41-36?/t24-,27?,28+,29+,30?,32+,34-,35-,39?/m1/s1. The van der Waals surface area contributed by atoms with Crippen molar-refractivity contribution in [2.75, 3.05) is 6.54 Å². The molecule has 0 radical (unpaired) electrons. The van der Waals surface area contributed by atoms with Crippen molar-refractivity contribution in [3.63, 3.8) is 0 Å². The van der Waals surface area contributed by atoms with E-state index in [0.29, 0.717) is 30.1 Å². The number of nitrogens with zero attached hydrogens (tertiary/aromatic N) is 3. The van der Waals surface area contributed by atoms with Crippen LogP contribution in [-0.2, 0) is 14.3 Å². The van der Waals surface area contributed by atoms with Crippen LogP contribution in [0.5, 0.6) is 0 Å². The van der Waals surface area contributed by atoms with Gasteiger partial charge >= 0.3 is 0 Å². The Kier molecular flexibility index (Phi) is 9.01. The number of nitrogens with two attached hydrogens (primary N) is 1. The average molecular weight is 629 g/mol. The van der Waals surface area contributed by atoms with Gasteiger partial charge in [0.2, 0.25) is 11.8 Å². The molecule has 3 aliphatic carbocycles. The highest BCUT2D eigenvalue weighted by Gasteiger charge is 2.70. The molecule has 5 aliphatic rings. The molecule has 1 aromatic carbocycles. The summed E-state index contributed by atoms with van der Waals surface area (Å²) >= 11 is 0. The number of aliphatic imine (C=N–C) groups is 2. The van der Waals surface area contributed by atoms with Gasteiger partial charge in [0, 0.05) is 17.4 Å². The molecule has 250 valence electrons. The zero-order valence-corrected chi connectivity index (χ0v) is 29.2. The Balaban J connectivity index is 1.41. The molecule has 7 nitrogen and oxygen atoms in total. The molecule has 4 fully saturated rings. The lowest BCUT2D eigenvalue weighted by Gasteiger charge is -2.34. The van der Waals surface area contributed by atoms with Crippen LogP contribution in [0.4, 0.5) is 5.69 Å². The molecular formula is C39H56N4O3. The first-order chi connectivity index (χ1) is 21.8. The first-order valence-electron chi connectivity index (χ1n) is 17.9. The predicted octanol–water partition coefficient (Wildman–Crippen LogP) is 7.58. The fourth-order valence-electron chi connectivity index (χ4n) is 9.47. The number of ether oxygens (including phenoxy) is 1. The molecule has 1 amide bonds. The summed E-state index contributed by atoms with van der Waals surface area (Å²) in [5.74, 6) is 4.30. The lowest BCUT2D eigenvalue weighted by molar-refractivity contribution is -0.141. The fraction of sp³-hybridized carbons (Fsp3) is 0.692. The second kappa shape index (κ2) is 12.6. The summed E-state index contributed by atoms with van der Waals surface area (Å²) in [6, 6.07) is 6.92. The Morgan fingerprint density at radius 2 is 1.87 bits per heavy atom. The maximum atomic E-state index is 14.7. The van der Waals surface area contributed by atoms with Gasteiger partial charge in [-0.2, -0.15) is 0 Å². The van der Waals surface area contributed by atoms with Gasteiger partial charge in [0.25, 0.3) is 0 Å². The molecule has 1 spiro atoms. The Morgan fingerprint density at radius 1 is 1.13 bits per heavy atom. The summed E-state index contributed by atoms with van der Waals surface area (Å²) in [6.07, 6.45) is 11.6. The van der Waals surface area contributed by atoms with E-state index in [0.717, 1.165) is 54.3 Å². The topological polar surface area (TPSA) is 97.3 Å². The number of para-hydroxylation sites is 1. The third-order valence-corrected chi connectivity index (χ3v) is 12.1. The van der Waals surface area contributed by atoms with Crippen LogP contribution in [0.2, 0.25) is 0 Å². The predicted molar refractivity (Wildman–Crippen MR) is 185 cm³/mol. The second-order valence-electron chi connectivity index (χ2n) is 16.4. The molecule has 7 heteroatoms. The van der Waals surface area contributed by atoms with E-state index in [2.05, 4.69) is 53.7 Å². The number of carbonyl (C=O) groups excluding carboxylic acids is 2. The normalized spacial score (nSPS) is 38.5. The molecular weight excluding hydrogens is 572 g/mol. The maximum absolute atomic E-state index is 14.7. The number of amidine groups is 1. The van der Waals surface area contributed by atoms with Crippen LogP contribution in [0, 0.1) is 47.3 Å². The van der Waals surface area contributed by atoms with Crippen molar-refractivity contribution in [3.05, 3.63) is 41.5 Å². The van der Waals surface area contributed by atoms with Gasteiger partial charge in [-0.3, -0.25) is 14.6 Å². The molecule has 0 aromatic heterocycles. The van der Waals surface area contributed by atoms with Crippen molar-refractivity contribution in [1.82, 2.24) is 4.90 Å². The first kappa shape index (κ1) is 33.0. The van der Waals surface area contributed by atoms with E-state index in [1.54, 1.807) is 11.8 Å². The van der Waals surface area contributed by atoms with Crippen molar-refractivity contribution in [2.24, 2.45) is 56.1 Å². The van der Waals surface area contributed by atoms with Crippen LogP contribution in [0.1, 0.15) is 105 Å². The number of benzene rings is 1. The number of allylic oxidation sites excluding steroid dienone is 1. The second-order valence-corrected chi connectivity index (χ2v) is 16.4. The highest BCUT2D eigenvalue weighted by atomic mass is 16.5. The Hall–Kier alpha value is -2.96. The van der Waals surface area contributed by atoms with Gasteiger partial charge in [0.15, 0.2) is 5.78 Å². The SMILES string of the molecule is C/C=C1/CCCCC[C@@H]2C3CC3C[C@H]2CC(N)=N[C@@H](C(C)(C)C)C(=O)N2C[C@H](OC1=Nc1ccccc1C)C1(C[C@H]1C)[C@H]2C(C)=O. The lowest BCUT2D eigenvalue weighted by atomic mass is 9.83. The maximum Gasteiger partial charge on any atom is 0.248 e. The minimum atomic E-state index is -0.668. The summed E-state index contributed by atoms with van der Waals surface area (Å²) in [4.78, 5) is 40.1. The zero-order valence-electron chi connectivity index (χ0n) is 29.2. The molecule has 2 heterocycles. The first-order valence-corrected chi connectivity index (χ1v) is 17.9. The number of fused-ring (bicyclic) bond motifs is 6. The highest BCUT2D eigenvalue weighted by Crippen LogP contribution is 2.63. The monoisotopic (exact) mass is 628 g/mol. The van der Waals surface area contributed by atoms with Crippen molar-refractivity contribution < 1.29 is 14.3 Å². The van der Waals surface area contributed by atoms with Crippen LogP contribution < -0.4 is 5.73 Å². The highest BCUT2D eigenvalue weighted by molar-refractivity contribution is 5.97. The largest absolute Gasteiger partial charge is 0.472 e. The number of amides is 1. The summed E-state index contributed by atoms with van der Waals surface area (Å²) in [7, 11) is 0. The fourth-order valence-corrected chi connectivity index (χ4v) is 9.47. The molecule has 9 atom stereocenters. The average Bonchev–Trinajstić information content (AvgIpc) is 3.83. The number of aryl methyl sites for hydroxylation is 1. The Bertz CT molecular complexity index is 1440. The quantitative estimate of drug-likeness (QED) is 0.365. The Morgan fingerprint density at radius 3 is 2.52 bits per heavy atom. The zero-order chi connectivity index (χ0) is 33.0. The number of Topliss-reactive ketones (excluding diaryl/α,β-unsaturated/α-hetero) is 1. The number of carbonyl (C=O) groups is 2. The van der Waals surface area contributed by atoms with Crippen LogP contribution in [0.3, 0.4) is 0 Å². The summed E-state index contributed by atoms with van der Waals surface area (Å²) < 4.78 is 7.02. The van der Waals surface area contributed by atoms with E-state index < -0.39 is 22.9 Å². The minimum absolute atomic E-state index is 0.0102. The van der Waals surface area contributed by atoms with Gasteiger partial charge in [-0.1, -0.05) is 64.8 Å². The van der Waals surface area contributed by atoms with E-state index in [1.165, 1.54) is 32.1 Å². The van der Waals surface area contributed by atoms with Gasteiger partial charge in [-0.05, 0) is 106 Å². The molecule has 1 aromatic rings. The molecule has 1 saturated heterocycles. The van der Waals surface area contributed by atoms with Crippen LogP contribution in [0.25, 0.3) is 0 Å². The van der Waals surface area contributed by atoms with E-state index in [9.17, 15) is 9.59 Å². The Labute approximate surface area is 276 Å². The van der Waals surface area contributed by atoms with Crippen LogP contribution in [-0.4, -0.2) is 53.1 Å². The summed E-state index contributed by atoms with van der Waals surface area (Å²) in [6.45, 7) is 14.5. The molecule has 3 saturated carbocycles. The molecule has 6 rings (SSSR count). The molecule has 2 N–H and O–H groups in total. The van der Waals surface area contributed by atoms with Crippen LogP contribution in [0.15, 0.2) is 45.9 Å². The van der Waals surface area contributed by atoms with Gasteiger partial charge < -0.3 is 15.4 Å². The summed E-state index contributed by atoms with van der Waals surface area (Å²) in [5, 5.41) is 0. The van der Waals surface area contributed by atoms with E-state index >= 15 is 0 Å².